The lowest BCUT2D eigenvalue weighted by molar-refractivity contribution is 0.112. The molecule has 1 heterocycles. The maximum absolute atomic E-state index is 10.6. The molecule has 0 aliphatic rings. The van der Waals surface area contributed by atoms with E-state index in [2.05, 4.69) is 43.1 Å². The van der Waals surface area contributed by atoms with Gasteiger partial charge < -0.3 is 0 Å². The molecule has 0 unspecified atom stereocenters. The van der Waals surface area contributed by atoms with Crippen molar-refractivity contribution in [3.63, 3.8) is 0 Å². The van der Waals surface area contributed by atoms with Crippen molar-refractivity contribution < 1.29 is 4.79 Å². The molecule has 0 atom stereocenters. The van der Waals surface area contributed by atoms with E-state index in [0.29, 0.717) is 10.8 Å². The second-order valence-electron chi connectivity index (χ2n) is 4.48. The summed E-state index contributed by atoms with van der Waals surface area (Å²) in [5.41, 5.74) is 2.42. The highest BCUT2D eigenvalue weighted by atomic mass is 32.1. The van der Waals surface area contributed by atoms with Crippen LogP contribution in [0, 0.1) is 5.92 Å². The molecular weight excluding hydrogens is 230 g/mol. The molecule has 88 valence electrons. The zero-order valence-corrected chi connectivity index (χ0v) is 10.8. The van der Waals surface area contributed by atoms with E-state index in [1.165, 1.54) is 16.9 Å². The highest BCUT2D eigenvalue weighted by molar-refractivity contribution is 7.16. The van der Waals surface area contributed by atoms with Gasteiger partial charge in [-0.25, -0.2) is 4.98 Å². The number of benzene rings is 1. The summed E-state index contributed by atoms with van der Waals surface area (Å²) in [5, 5.41) is 0.906. The zero-order valence-electron chi connectivity index (χ0n) is 10.0. The Bertz CT molecular complexity index is 499. The molecule has 0 saturated carbocycles. The van der Waals surface area contributed by atoms with Crippen LogP contribution in [-0.4, -0.2) is 11.3 Å². The Hall–Kier alpha value is -1.48. The van der Waals surface area contributed by atoms with Gasteiger partial charge in [-0.3, -0.25) is 4.79 Å². The molecule has 1 aromatic carbocycles. The van der Waals surface area contributed by atoms with Gasteiger partial charge >= 0.3 is 0 Å². The third kappa shape index (κ3) is 3.01. The third-order valence-electron chi connectivity index (χ3n) is 2.48. The lowest BCUT2D eigenvalue weighted by atomic mass is 10.0. The van der Waals surface area contributed by atoms with Gasteiger partial charge in [0.15, 0.2) is 6.29 Å². The highest BCUT2D eigenvalue weighted by Gasteiger charge is 2.04. The molecule has 0 saturated heterocycles. The van der Waals surface area contributed by atoms with Crippen molar-refractivity contribution >= 4 is 17.6 Å². The molecule has 0 bridgehead atoms. The normalized spacial score (nSPS) is 10.8. The molecule has 1 aromatic heterocycles. The van der Waals surface area contributed by atoms with E-state index >= 15 is 0 Å². The van der Waals surface area contributed by atoms with Crippen molar-refractivity contribution in [1.82, 2.24) is 4.98 Å². The van der Waals surface area contributed by atoms with Crippen molar-refractivity contribution in [3.05, 3.63) is 40.9 Å². The number of carbonyl (C=O) groups excluding carboxylic acids is 1. The number of carbonyl (C=O) groups is 1. The largest absolute Gasteiger partial charge is 0.297 e. The van der Waals surface area contributed by atoms with Crippen LogP contribution in [0.1, 0.15) is 29.1 Å². The number of hydrogen-bond acceptors (Lipinski definition) is 3. The molecule has 0 aliphatic heterocycles. The Kier molecular flexibility index (Phi) is 3.69. The van der Waals surface area contributed by atoms with Crippen LogP contribution < -0.4 is 0 Å². The second-order valence-corrected chi connectivity index (χ2v) is 5.54. The number of nitrogens with zero attached hydrogens (tertiary/aromatic N) is 1. The van der Waals surface area contributed by atoms with Gasteiger partial charge in [0.25, 0.3) is 0 Å². The number of rotatable bonds is 4. The molecule has 0 amide bonds. The van der Waals surface area contributed by atoms with Gasteiger partial charge in [0.05, 0.1) is 4.88 Å². The van der Waals surface area contributed by atoms with Gasteiger partial charge in [-0.1, -0.05) is 38.1 Å². The molecular formula is C14H15NOS. The molecule has 0 aliphatic carbocycles. The molecule has 17 heavy (non-hydrogen) atoms. The van der Waals surface area contributed by atoms with Crippen LogP contribution in [0.25, 0.3) is 10.6 Å². The first-order chi connectivity index (χ1) is 8.19. The lowest BCUT2D eigenvalue weighted by Gasteiger charge is -2.05. The number of aromatic nitrogens is 1. The molecule has 0 fully saturated rings. The summed E-state index contributed by atoms with van der Waals surface area (Å²) >= 11 is 1.43. The van der Waals surface area contributed by atoms with Crippen LogP contribution in [-0.2, 0) is 6.42 Å². The minimum absolute atomic E-state index is 0.669. The van der Waals surface area contributed by atoms with Crippen LogP contribution in [0.3, 0.4) is 0 Å². The fourth-order valence-corrected chi connectivity index (χ4v) is 2.47. The number of aldehydes is 1. The van der Waals surface area contributed by atoms with E-state index in [-0.39, 0.29) is 0 Å². The monoisotopic (exact) mass is 245 g/mol. The SMILES string of the molecule is CC(C)Cc1ccc(-c2ncc(C=O)s2)cc1. The molecule has 0 N–H and O–H groups in total. The summed E-state index contributed by atoms with van der Waals surface area (Å²) < 4.78 is 0. The van der Waals surface area contributed by atoms with E-state index in [4.69, 9.17) is 0 Å². The molecule has 0 radical (unpaired) electrons. The average Bonchev–Trinajstić information content (AvgIpc) is 2.78. The third-order valence-corrected chi connectivity index (χ3v) is 3.46. The molecule has 0 spiro atoms. The van der Waals surface area contributed by atoms with Gasteiger partial charge in [-0.2, -0.15) is 0 Å². The lowest BCUT2D eigenvalue weighted by Crippen LogP contribution is -1.93. The Labute approximate surface area is 105 Å². The minimum Gasteiger partial charge on any atom is -0.297 e. The first-order valence-corrected chi connectivity index (χ1v) is 6.51. The van der Waals surface area contributed by atoms with Gasteiger partial charge in [0.2, 0.25) is 0 Å². The summed E-state index contributed by atoms with van der Waals surface area (Å²) in [6.45, 7) is 4.43. The summed E-state index contributed by atoms with van der Waals surface area (Å²) in [6.07, 6.45) is 3.56. The maximum atomic E-state index is 10.6. The molecule has 2 nitrogen and oxygen atoms in total. The van der Waals surface area contributed by atoms with E-state index in [1.807, 2.05) is 0 Å². The minimum atomic E-state index is 0.669. The smallest absolute Gasteiger partial charge is 0.161 e. The predicted molar refractivity (Wildman–Crippen MR) is 71.5 cm³/mol. The molecule has 2 aromatic rings. The van der Waals surface area contributed by atoms with Gasteiger partial charge in [0, 0.05) is 11.8 Å². The van der Waals surface area contributed by atoms with Crippen molar-refractivity contribution in [3.8, 4) is 10.6 Å². The van der Waals surface area contributed by atoms with Crippen LogP contribution in [0.5, 0.6) is 0 Å². The van der Waals surface area contributed by atoms with Crippen LogP contribution in [0.4, 0.5) is 0 Å². The van der Waals surface area contributed by atoms with E-state index < -0.39 is 0 Å². The Morgan fingerprint density at radius 1 is 1.29 bits per heavy atom. The molecule has 2 rings (SSSR count). The van der Waals surface area contributed by atoms with Crippen molar-refractivity contribution in [1.29, 1.82) is 0 Å². The number of hydrogen-bond donors (Lipinski definition) is 0. The highest BCUT2D eigenvalue weighted by Crippen LogP contribution is 2.24. The Morgan fingerprint density at radius 3 is 2.53 bits per heavy atom. The second kappa shape index (κ2) is 5.23. The van der Waals surface area contributed by atoms with Crippen molar-refractivity contribution in [2.24, 2.45) is 5.92 Å². The van der Waals surface area contributed by atoms with Gasteiger partial charge in [-0.15, -0.1) is 11.3 Å². The first-order valence-electron chi connectivity index (χ1n) is 5.69. The topological polar surface area (TPSA) is 30.0 Å². The van der Waals surface area contributed by atoms with Crippen molar-refractivity contribution in [2.75, 3.05) is 0 Å². The summed E-state index contributed by atoms with van der Waals surface area (Å²) in [6, 6.07) is 8.42. The summed E-state index contributed by atoms with van der Waals surface area (Å²) in [7, 11) is 0. The maximum Gasteiger partial charge on any atom is 0.161 e. The quantitative estimate of drug-likeness (QED) is 0.766. The van der Waals surface area contributed by atoms with Gasteiger partial charge in [0.1, 0.15) is 5.01 Å². The van der Waals surface area contributed by atoms with Crippen LogP contribution in [0.15, 0.2) is 30.5 Å². The Morgan fingerprint density at radius 2 is 2.00 bits per heavy atom. The van der Waals surface area contributed by atoms with Crippen molar-refractivity contribution in [2.45, 2.75) is 20.3 Å². The zero-order chi connectivity index (χ0) is 12.3. The first kappa shape index (κ1) is 12.0. The van der Waals surface area contributed by atoms with E-state index in [1.54, 1.807) is 6.20 Å². The van der Waals surface area contributed by atoms with Crippen LogP contribution >= 0.6 is 11.3 Å². The summed E-state index contributed by atoms with van der Waals surface area (Å²) in [5.74, 6) is 0.669. The van der Waals surface area contributed by atoms with E-state index in [0.717, 1.165) is 23.3 Å². The summed E-state index contributed by atoms with van der Waals surface area (Å²) in [4.78, 5) is 15.5. The average molecular weight is 245 g/mol. The fraction of sp³-hybridized carbons (Fsp3) is 0.286. The van der Waals surface area contributed by atoms with E-state index in [9.17, 15) is 4.79 Å². The number of thiazole rings is 1. The van der Waals surface area contributed by atoms with Crippen LogP contribution in [0.2, 0.25) is 0 Å². The standard InChI is InChI=1S/C14H15NOS/c1-10(2)7-11-3-5-12(6-4-11)14-15-8-13(9-16)17-14/h3-6,8-10H,7H2,1-2H3. The van der Waals surface area contributed by atoms with Gasteiger partial charge in [-0.05, 0) is 17.9 Å². The predicted octanol–water partition coefficient (Wildman–Crippen LogP) is 3.82. The Balaban J connectivity index is 2.19. The fourth-order valence-electron chi connectivity index (χ4n) is 1.73. The molecule has 3 heteroatoms.